The molecule has 5 heteroatoms. The number of aliphatic hydroxyl groups excluding tert-OH is 1. The quantitative estimate of drug-likeness (QED) is 0.724. The first-order valence-electron chi connectivity index (χ1n) is 9.96. The molecule has 0 saturated carbocycles. The number of likely N-dealkylation sites (tertiary alicyclic amines) is 1. The number of phenolic OH excluding ortho intramolecular Hbond substituents is 1. The third kappa shape index (κ3) is 3.73. The number of β-amino-alcohol motifs (C(OH)–C–C–N with tert-alkyl or cyclic N) is 1. The summed E-state index contributed by atoms with van der Waals surface area (Å²) in [6, 6.07) is 12.0. The number of fused-ring (bicyclic) bond motifs is 1. The lowest BCUT2D eigenvalue weighted by molar-refractivity contribution is 0.160. The highest BCUT2D eigenvalue weighted by Crippen LogP contribution is 2.33. The van der Waals surface area contributed by atoms with Crippen LogP contribution in [0.5, 0.6) is 5.75 Å². The smallest absolute Gasteiger partial charge is 0.160 e. The average molecular weight is 377 g/mol. The van der Waals surface area contributed by atoms with E-state index in [4.69, 9.17) is 9.97 Å². The van der Waals surface area contributed by atoms with Gasteiger partial charge >= 0.3 is 0 Å². The Labute approximate surface area is 165 Å². The molecule has 146 valence electrons. The van der Waals surface area contributed by atoms with Crippen LogP contribution in [0, 0.1) is 13.8 Å². The van der Waals surface area contributed by atoms with Crippen LogP contribution >= 0.6 is 0 Å². The van der Waals surface area contributed by atoms with Crippen molar-refractivity contribution in [3.63, 3.8) is 0 Å². The summed E-state index contributed by atoms with van der Waals surface area (Å²) in [4.78, 5) is 12.0. The first-order chi connectivity index (χ1) is 13.5. The van der Waals surface area contributed by atoms with E-state index in [1.54, 1.807) is 6.07 Å². The van der Waals surface area contributed by atoms with Gasteiger partial charge in [0.25, 0.3) is 0 Å². The van der Waals surface area contributed by atoms with Gasteiger partial charge in [0.1, 0.15) is 5.75 Å². The molecular formula is C23H27N3O2. The maximum Gasteiger partial charge on any atom is 0.160 e. The number of aromatic nitrogens is 2. The lowest BCUT2D eigenvalue weighted by Crippen LogP contribution is -2.36. The van der Waals surface area contributed by atoms with Crippen molar-refractivity contribution in [1.29, 1.82) is 0 Å². The molecule has 0 radical (unpaired) electrons. The summed E-state index contributed by atoms with van der Waals surface area (Å²) in [7, 11) is 0. The van der Waals surface area contributed by atoms with E-state index in [0.717, 1.165) is 65.9 Å². The Kier molecular flexibility index (Phi) is 5.29. The molecule has 1 atom stereocenters. The zero-order valence-corrected chi connectivity index (χ0v) is 16.5. The third-order valence-corrected chi connectivity index (χ3v) is 5.63. The first kappa shape index (κ1) is 18.8. The zero-order valence-electron chi connectivity index (χ0n) is 16.5. The fourth-order valence-electron chi connectivity index (χ4n) is 4.30. The summed E-state index contributed by atoms with van der Waals surface area (Å²) < 4.78 is 0. The van der Waals surface area contributed by atoms with Crippen molar-refractivity contribution in [2.45, 2.75) is 32.6 Å². The number of nitrogens with zero attached hydrogens (tertiary/aromatic N) is 3. The van der Waals surface area contributed by atoms with Crippen LogP contribution in [0.3, 0.4) is 0 Å². The van der Waals surface area contributed by atoms with Crippen LogP contribution in [0.15, 0.2) is 36.4 Å². The predicted molar refractivity (Wildman–Crippen MR) is 112 cm³/mol. The SMILES string of the molecule is Cc1cc(C)c(-c2ccc3ccc(C4CCCN(CCO)C4)nc3n2)c(O)c1. The predicted octanol–water partition coefficient (Wildman–Crippen LogP) is 3.79. The fourth-order valence-corrected chi connectivity index (χ4v) is 4.30. The van der Waals surface area contributed by atoms with Crippen molar-refractivity contribution in [3.05, 3.63) is 53.2 Å². The first-order valence-corrected chi connectivity index (χ1v) is 9.96. The highest BCUT2D eigenvalue weighted by molar-refractivity contribution is 5.81. The number of aromatic hydroxyl groups is 1. The Bertz CT molecular complexity index is 977. The minimum atomic E-state index is 0.197. The Hall–Kier alpha value is -2.50. The molecule has 4 rings (SSSR count). The second-order valence-corrected chi connectivity index (χ2v) is 7.82. The number of phenols is 1. The van der Waals surface area contributed by atoms with Crippen LogP contribution in [0.1, 0.15) is 35.6 Å². The summed E-state index contributed by atoms with van der Waals surface area (Å²) in [6.45, 7) is 6.86. The van der Waals surface area contributed by atoms with Crippen LogP contribution in [-0.4, -0.2) is 51.3 Å². The van der Waals surface area contributed by atoms with E-state index in [1.165, 1.54) is 0 Å². The number of rotatable bonds is 4. The Balaban J connectivity index is 1.70. The molecule has 1 fully saturated rings. The Morgan fingerprint density at radius 2 is 1.93 bits per heavy atom. The van der Waals surface area contributed by atoms with Gasteiger partial charge in [-0.1, -0.05) is 6.07 Å². The zero-order chi connectivity index (χ0) is 19.7. The Morgan fingerprint density at radius 1 is 1.11 bits per heavy atom. The molecule has 2 N–H and O–H groups in total. The van der Waals surface area contributed by atoms with Crippen molar-refractivity contribution in [3.8, 4) is 17.0 Å². The molecule has 28 heavy (non-hydrogen) atoms. The summed E-state index contributed by atoms with van der Waals surface area (Å²) in [6.07, 6.45) is 2.23. The van der Waals surface area contributed by atoms with Crippen LogP contribution in [-0.2, 0) is 0 Å². The van der Waals surface area contributed by atoms with Gasteiger partial charge in [-0.15, -0.1) is 0 Å². The second kappa shape index (κ2) is 7.86. The summed E-state index contributed by atoms with van der Waals surface area (Å²) in [5.41, 5.74) is 5.33. The summed E-state index contributed by atoms with van der Waals surface area (Å²) in [5, 5.41) is 20.7. The van der Waals surface area contributed by atoms with Crippen molar-refractivity contribution >= 4 is 11.0 Å². The van der Waals surface area contributed by atoms with Gasteiger partial charge in [0.15, 0.2) is 5.65 Å². The van der Waals surface area contributed by atoms with Crippen LogP contribution in [0.25, 0.3) is 22.3 Å². The van der Waals surface area contributed by atoms with E-state index < -0.39 is 0 Å². The van der Waals surface area contributed by atoms with Gasteiger partial charge in [0, 0.05) is 35.7 Å². The molecule has 0 spiro atoms. The number of aryl methyl sites for hydroxylation is 2. The maximum atomic E-state index is 10.4. The van der Waals surface area contributed by atoms with Crippen LogP contribution < -0.4 is 0 Å². The highest BCUT2D eigenvalue weighted by Gasteiger charge is 2.22. The third-order valence-electron chi connectivity index (χ3n) is 5.63. The van der Waals surface area contributed by atoms with Gasteiger partial charge in [0.05, 0.1) is 12.3 Å². The standard InChI is InChI=1S/C23H27N3O2/c1-15-12-16(2)22(21(28)13-15)20-8-6-17-5-7-19(24-23(17)25-20)18-4-3-9-26(14-18)10-11-27/h5-8,12-13,18,27-28H,3-4,9-11,14H2,1-2H3. The molecule has 3 heterocycles. The van der Waals surface area contributed by atoms with Gasteiger partial charge in [-0.05, 0) is 74.7 Å². The minimum Gasteiger partial charge on any atom is -0.507 e. The van der Waals surface area contributed by atoms with Gasteiger partial charge in [-0.3, -0.25) is 0 Å². The van der Waals surface area contributed by atoms with Crippen LogP contribution in [0.4, 0.5) is 0 Å². The molecule has 0 amide bonds. The fraction of sp³-hybridized carbons (Fsp3) is 0.391. The molecule has 3 aromatic rings. The van der Waals surface area contributed by atoms with Gasteiger partial charge in [-0.25, -0.2) is 9.97 Å². The largest absolute Gasteiger partial charge is 0.507 e. The van der Waals surface area contributed by atoms with Crippen LogP contribution in [0.2, 0.25) is 0 Å². The molecule has 0 aliphatic carbocycles. The van der Waals surface area contributed by atoms with Gasteiger partial charge in [0.2, 0.25) is 0 Å². The van der Waals surface area contributed by atoms with Crippen molar-refractivity contribution in [2.24, 2.45) is 0 Å². The molecular weight excluding hydrogens is 350 g/mol. The number of benzene rings is 1. The molecule has 5 nitrogen and oxygen atoms in total. The number of hydrogen-bond acceptors (Lipinski definition) is 5. The molecule has 1 aliphatic heterocycles. The van der Waals surface area contributed by atoms with Gasteiger partial charge in [-0.2, -0.15) is 0 Å². The van der Waals surface area contributed by atoms with E-state index >= 15 is 0 Å². The molecule has 1 aromatic carbocycles. The van der Waals surface area contributed by atoms with E-state index in [0.29, 0.717) is 11.6 Å². The maximum absolute atomic E-state index is 10.4. The van der Waals surface area contributed by atoms with Crippen molar-refractivity contribution in [2.75, 3.05) is 26.2 Å². The highest BCUT2D eigenvalue weighted by atomic mass is 16.3. The summed E-state index contributed by atoms with van der Waals surface area (Å²) >= 11 is 0. The number of piperidine rings is 1. The minimum absolute atomic E-state index is 0.197. The molecule has 1 aliphatic rings. The van der Waals surface area contributed by atoms with E-state index in [-0.39, 0.29) is 12.4 Å². The lowest BCUT2D eigenvalue weighted by atomic mass is 9.94. The Morgan fingerprint density at radius 3 is 2.71 bits per heavy atom. The van der Waals surface area contributed by atoms with Crippen molar-refractivity contribution < 1.29 is 10.2 Å². The molecule has 0 bridgehead atoms. The van der Waals surface area contributed by atoms with E-state index in [2.05, 4.69) is 23.1 Å². The number of aliphatic hydroxyl groups is 1. The average Bonchev–Trinajstić information content (AvgIpc) is 2.67. The second-order valence-electron chi connectivity index (χ2n) is 7.82. The number of hydrogen-bond donors (Lipinski definition) is 2. The van der Waals surface area contributed by atoms with E-state index in [9.17, 15) is 10.2 Å². The summed E-state index contributed by atoms with van der Waals surface area (Å²) in [5.74, 6) is 0.622. The van der Waals surface area contributed by atoms with E-state index in [1.807, 2.05) is 26.0 Å². The molecule has 2 aromatic heterocycles. The molecule has 1 unspecified atom stereocenters. The van der Waals surface area contributed by atoms with Crippen molar-refractivity contribution in [1.82, 2.24) is 14.9 Å². The lowest BCUT2D eigenvalue weighted by Gasteiger charge is -2.31. The normalized spacial score (nSPS) is 17.9. The molecule has 1 saturated heterocycles. The van der Waals surface area contributed by atoms with Gasteiger partial charge < -0.3 is 15.1 Å². The number of pyridine rings is 2. The monoisotopic (exact) mass is 377 g/mol. The topological polar surface area (TPSA) is 69.5 Å².